The molecule has 3 heterocycles. The minimum atomic E-state index is -2.90. The molecule has 2 aromatic carbocycles. The summed E-state index contributed by atoms with van der Waals surface area (Å²) in [5.74, 6) is 0.813. The summed E-state index contributed by atoms with van der Waals surface area (Å²) in [6, 6.07) is 12.7. The molecule has 2 saturated heterocycles. The van der Waals surface area contributed by atoms with E-state index >= 15 is 0 Å². The number of carboxylic acids is 1. The van der Waals surface area contributed by atoms with E-state index in [0.29, 0.717) is 19.6 Å². The van der Waals surface area contributed by atoms with Gasteiger partial charge < -0.3 is 14.7 Å². The van der Waals surface area contributed by atoms with Crippen molar-refractivity contribution in [3.05, 3.63) is 64.0 Å². The van der Waals surface area contributed by atoms with E-state index in [1.807, 2.05) is 13.1 Å². The molecule has 0 spiro atoms. The minimum absolute atomic E-state index is 0.0794. The lowest BCUT2D eigenvalue weighted by Crippen LogP contribution is -2.51. The molecule has 0 unspecified atom stereocenters. The van der Waals surface area contributed by atoms with E-state index in [4.69, 9.17) is 9.72 Å². The van der Waals surface area contributed by atoms with E-state index in [2.05, 4.69) is 59.4 Å². The molecule has 3 fully saturated rings. The molecule has 2 bridgehead atoms. The highest BCUT2D eigenvalue weighted by Gasteiger charge is 2.44. The second-order valence-corrected chi connectivity index (χ2v) is 15.8. The third-order valence-electron chi connectivity index (χ3n) is 9.59. The standard InChI is InChI=1S/C33H41N3O5S2/c1-21-7-10-30(41-18-26-9-8-23(14-22(26)2)15-35(3)27-11-12-43(39,40)20-27)28(13-21)29-19-42-33(34-29)36-16-24-5-4-6-25(17-36)31(24)32(37)38/h7-10,13-14,19,24-25,27,31H,4-6,11-12,15-18,20H2,1-3H3,(H,37,38)/t24-,25+,27-,31+/m1/s1. The van der Waals surface area contributed by atoms with Crippen LogP contribution < -0.4 is 9.64 Å². The first-order valence-electron chi connectivity index (χ1n) is 15.2. The van der Waals surface area contributed by atoms with Crippen LogP contribution in [0.15, 0.2) is 41.8 Å². The average molecular weight is 624 g/mol. The maximum Gasteiger partial charge on any atom is 0.307 e. The molecule has 1 N–H and O–H groups in total. The van der Waals surface area contributed by atoms with Gasteiger partial charge in [0.2, 0.25) is 0 Å². The zero-order valence-electron chi connectivity index (χ0n) is 25.2. The summed E-state index contributed by atoms with van der Waals surface area (Å²) in [6.45, 7) is 6.81. The van der Waals surface area contributed by atoms with E-state index in [9.17, 15) is 18.3 Å². The van der Waals surface area contributed by atoms with Crippen LogP contribution in [0.2, 0.25) is 0 Å². The second-order valence-electron chi connectivity index (χ2n) is 12.8. The van der Waals surface area contributed by atoms with Crippen LogP contribution in [0.5, 0.6) is 5.75 Å². The van der Waals surface area contributed by atoms with E-state index in [0.717, 1.165) is 76.7 Å². The number of hydrogen-bond donors (Lipinski definition) is 1. The normalized spacial score (nSPS) is 24.8. The lowest BCUT2D eigenvalue weighted by atomic mass is 9.69. The molecule has 3 aromatic rings. The van der Waals surface area contributed by atoms with E-state index < -0.39 is 15.8 Å². The van der Waals surface area contributed by atoms with Gasteiger partial charge in [-0.15, -0.1) is 11.3 Å². The Bertz CT molecular complexity index is 1590. The Morgan fingerprint density at radius 2 is 1.88 bits per heavy atom. The largest absolute Gasteiger partial charge is 0.488 e. The van der Waals surface area contributed by atoms with Crippen LogP contribution in [0.25, 0.3) is 11.3 Å². The zero-order valence-corrected chi connectivity index (χ0v) is 26.8. The quantitative estimate of drug-likeness (QED) is 0.331. The summed E-state index contributed by atoms with van der Waals surface area (Å²) in [5.41, 5.74) is 6.39. The summed E-state index contributed by atoms with van der Waals surface area (Å²) in [5, 5.41) is 12.8. The molecular formula is C33H41N3O5S2. The van der Waals surface area contributed by atoms with Crippen LogP contribution in [-0.2, 0) is 27.8 Å². The van der Waals surface area contributed by atoms with Gasteiger partial charge in [-0.05, 0) is 80.8 Å². The Kier molecular flexibility index (Phi) is 8.54. The lowest BCUT2D eigenvalue weighted by molar-refractivity contribution is -0.148. The fourth-order valence-electron chi connectivity index (χ4n) is 7.21. The van der Waals surface area contributed by atoms with Crippen molar-refractivity contribution in [1.82, 2.24) is 9.88 Å². The fraction of sp³-hybridized carbons (Fsp3) is 0.515. The molecule has 3 aliphatic rings. The highest BCUT2D eigenvalue weighted by atomic mass is 32.2. The van der Waals surface area contributed by atoms with Gasteiger partial charge in [0.15, 0.2) is 15.0 Å². The van der Waals surface area contributed by atoms with Crippen LogP contribution in [0.4, 0.5) is 5.13 Å². The number of benzene rings is 2. The molecule has 1 aromatic heterocycles. The predicted molar refractivity (Wildman–Crippen MR) is 170 cm³/mol. The molecular weight excluding hydrogens is 583 g/mol. The molecule has 10 heteroatoms. The number of rotatable bonds is 9. The first kappa shape index (κ1) is 30.1. The number of sulfone groups is 1. The van der Waals surface area contributed by atoms with E-state index in [-0.39, 0.29) is 35.3 Å². The van der Waals surface area contributed by atoms with Crippen molar-refractivity contribution < 1.29 is 23.1 Å². The summed E-state index contributed by atoms with van der Waals surface area (Å²) >= 11 is 1.62. The van der Waals surface area contributed by atoms with Gasteiger partial charge in [-0.2, -0.15) is 0 Å². The number of thiazole rings is 1. The van der Waals surface area contributed by atoms with Crippen LogP contribution in [0.3, 0.4) is 0 Å². The Morgan fingerprint density at radius 3 is 2.56 bits per heavy atom. The molecule has 8 nitrogen and oxygen atoms in total. The number of aromatic nitrogens is 1. The Hall–Kier alpha value is -2.95. The van der Waals surface area contributed by atoms with Crippen LogP contribution >= 0.6 is 11.3 Å². The van der Waals surface area contributed by atoms with Crippen molar-refractivity contribution in [1.29, 1.82) is 0 Å². The van der Waals surface area contributed by atoms with Crippen molar-refractivity contribution in [3.8, 4) is 17.0 Å². The molecule has 43 heavy (non-hydrogen) atoms. The van der Waals surface area contributed by atoms with Gasteiger partial charge in [-0.1, -0.05) is 36.2 Å². The smallest absolute Gasteiger partial charge is 0.307 e. The van der Waals surface area contributed by atoms with Crippen LogP contribution in [0, 0.1) is 31.6 Å². The minimum Gasteiger partial charge on any atom is -0.488 e. The molecule has 1 aliphatic carbocycles. The van der Waals surface area contributed by atoms with E-state index in [1.165, 1.54) is 0 Å². The first-order chi connectivity index (χ1) is 20.6. The van der Waals surface area contributed by atoms with Crippen molar-refractivity contribution in [2.45, 2.75) is 58.7 Å². The second kappa shape index (κ2) is 12.2. The molecule has 2 aliphatic heterocycles. The van der Waals surface area contributed by atoms with Crippen molar-refractivity contribution in [2.75, 3.05) is 36.5 Å². The number of piperidine rings is 1. The number of carboxylic acid groups (broad SMARTS) is 1. The number of anilines is 1. The summed E-state index contributed by atoms with van der Waals surface area (Å²) in [6.07, 6.45) is 3.76. The maximum absolute atomic E-state index is 11.9. The van der Waals surface area contributed by atoms with Crippen molar-refractivity contribution in [3.63, 3.8) is 0 Å². The molecule has 230 valence electrons. The van der Waals surface area contributed by atoms with Crippen LogP contribution in [-0.4, -0.2) is 67.1 Å². The Morgan fingerprint density at radius 1 is 1.12 bits per heavy atom. The third kappa shape index (κ3) is 6.61. The molecule has 6 rings (SSSR count). The number of ether oxygens (including phenoxy) is 1. The summed E-state index contributed by atoms with van der Waals surface area (Å²) < 4.78 is 30.2. The Balaban J connectivity index is 1.13. The third-order valence-corrected chi connectivity index (χ3v) is 12.2. The number of nitrogens with zero attached hydrogens (tertiary/aromatic N) is 3. The van der Waals surface area contributed by atoms with Crippen LogP contribution in [0.1, 0.15) is 47.9 Å². The average Bonchev–Trinajstić information content (AvgIpc) is 3.59. The van der Waals surface area contributed by atoms with Crippen molar-refractivity contribution >= 4 is 32.3 Å². The van der Waals surface area contributed by atoms with Gasteiger partial charge >= 0.3 is 5.97 Å². The molecule has 1 saturated carbocycles. The van der Waals surface area contributed by atoms with Gasteiger partial charge in [0.1, 0.15) is 12.4 Å². The SMILES string of the molecule is Cc1ccc(OCc2ccc(CN(C)[C@@H]3CCS(=O)(=O)C3)cc2C)c(-c2csc(N3C[C@H]4CCC[C@@H](C3)[C@H]4C(=O)O)n2)c1. The van der Waals surface area contributed by atoms with Gasteiger partial charge in [0.05, 0.1) is 23.1 Å². The van der Waals surface area contributed by atoms with E-state index in [1.54, 1.807) is 11.3 Å². The van der Waals surface area contributed by atoms with Gasteiger partial charge in [0, 0.05) is 36.6 Å². The Labute approximate surface area is 258 Å². The number of fused-ring (bicyclic) bond motifs is 2. The molecule has 4 atom stereocenters. The lowest BCUT2D eigenvalue weighted by Gasteiger charge is -2.45. The summed E-state index contributed by atoms with van der Waals surface area (Å²) in [4.78, 5) is 21.4. The topological polar surface area (TPSA) is 100 Å². The first-order valence-corrected chi connectivity index (χ1v) is 17.9. The zero-order chi connectivity index (χ0) is 30.3. The number of aliphatic carboxylic acids is 1. The predicted octanol–water partition coefficient (Wildman–Crippen LogP) is 5.56. The highest BCUT2D eigenvalue weighted by molar-refractivity contribution is 7.91. The number of hydrogen-bond acceptors (Lipinski definition) is 8. The fourth-order valence-corrected chi connectivity index (χ4v) is 9.86. The summed E-state index contributed by atoms with van der Waals surface area (Å²) in [7, 11) is -0.900. The molecule has 0 amide bonds. The van der Waals surface area contributed by atoms with Gasteiger partial charge in [-0.25, -0.2) is 13.4 Å². The van der Waals surface area contributed by atoms with Gasteiger partial charge in [0.25, 0.3) is 0 Å². The van der Waals surface area contributed by atoms with Crippen molar-refractivity contribution in [2.24, 2.45) is 17.8 Å². The monoisotopic (exact) mass is 623 g/mol. The number of aryl methyl sites for hydroxylation is 2. The molecule has 0 radical (unpaired) electrons. The number of carbonyl (C=O) groups is 1. The maximum atomic E-state index is 11.9. The van der Waals surface area contributed by atoms with Gasteiger partial charge in [-0.3, -0.25) is 9.69 Å². The highest BCUT2D eigenvalue weighted by Crippen LogP contribution is 2.43.